The molecule has 1 aliphatic heterocycles. The van der Waals surface area contributed by atoms with Gasteiger partial charge in [0, 0.05) is 5.56 Å². The highest BCUT2D eigenvalue weighted by molar-refractivity contribution is 5.82. The number of hydrogen-bond donors (Lipinski definition) is 4. The Kier molecular flexibility index (Phi) is 3.07. The predicted octanol–water partition coefficient (Wildman–Crippen LogP) is 0.349. The predicted molar refractivity (Wildman–Crippen MR) is 62.1 cm³/mol. The molecule has 1 aliphatic rings. The maximum atomic E-state index is 10.1. The molecule has 1 aromatic carbocycles. The van der Waals surface area contributed by atoms with Crippen LogP contribution >= 0.6 is 0 Å². The van der Waals surface area contributed by atoms with E-state index in [-0.39, 0.29) is 41.8 Å². The number of benzene rings is 1. The molecule has 2 rings (SSSR count). The molecule has 0 unspecified atom stereocenters. The number of aromatic hydroxyl groups is 1. The van der Waals surface area contributed by atoms with Crippen LogP contribution in [0.5, 0.6) is 17.2 Å². The molecule has 0 aliphatic carbocycles. The van der Waals surface area contributed by atoms with E-state index in [2.05, 4.69) is 0 Å². The highest BCUT2D eigenvalue weighted by Crippen LogP contribution is 2.51. The summed E-state index contributed by atoms with van der Waals surface area (Å²) < 4.78 is 10.1. The normalized spacial score (nSPS) is 15.4. The van der Waals surface area contributed by atoms with E-state index in [1.54, 1.807) is 0 Å². The molecule has 1 heterocycles. The Hall–Kier alpha value is -1.90. The van der Waals surface area contributed by atoms with Gasteiger partial charge in [-0.2, -0.15) is 5.06 Å². The summed E-state index contributed by atoms with van der Waals surface area (Å²) in [7, 11) is 2.74. The lowest BCUT2D eigenvalue weighted by Gasteiger charge is -2.32. The smallest absolute Gasteiger partial charge is 0.207 e. The van der Waals surface area contributed by atoms with E-state index >= 15 is 0 Å². The molecule has 0 atom stereocenters. The molecule has 0 radical (unpaired) electrons. The fourth-order valence-corrected chi connectivity index (χ4v) is 2.03. The van der Waals surface area contributed by atoms with E-state index in [0.717, 1.165) is 5.06 Å². The minimum atomic E-state index is -0.283. The first-order valence-corrected chi connectivity index (χ1v) is 5.16. The highest BCUT2D eigenvalue weighted by atomic mass is 16.5. The number of methoxy groups -OCH3 is 2. The number of ether oxygens (including phenoxy) is 2. The van der Waals surface area contributed by atoms with Crippen LogP contribution in [0.15, 0.2) is 0 Å². The van der Waals surface area contributed by atoms with E-state index in [4.69, 9.17) is 15.2 Å². The fraction of sp³-hybridized carbons (Fsp3) is 0.400. The summed E-state index contributed by atoms with van der Waals surface area (Å²) in [5.41, 5.74) is 6.56. The minimum Gasteiger partial charge on any atom is -0.503 e. The summed E-state index contributed by atoms with van der Waals surface area (Å²) in [6, 6.07) is 0. The van der Waals surface area contributed by atoms with E-state index in [9.17, 15) is 15.5 Å². The molecular formula is C10H15N3O5. The SMILES string of the molecule is COc1c(N)c2c(c(O)c1OC)N(O)CN(O)C2. The molecular weight excluding hydrogens is 242 g/mol. The molecule has 100 valence electrons. The van der Waals surface area contributed by atoms with E-state index < -0.39 is 0 Å². The third-order valence-electron chi connectivity index (χ3n) is 2.81. The maximum Gasteiger partial charge on any atom is 0.207 e. The molecule has 0 saturated carbocycles. The van der Waals surface area contributed by atoms with Crippen molar-refractivity contribution in [3.8, 4) is 17.2 Å². The molecule has 18 heavy (non-hydrogen) atoms. The maximum absolute atomic E-state index is 10.1. The summed E-state index contributed by atoms with van der Waals surface area (Å²) in [5, 5.41) is 30.8. The van der Waals surface area contributed by atoms with Gasteiger partial charge in [-0.3, -0.25) is 5.21 Å². The van der Waals surface area contributed by atoms with Crippen molar-refractivity contribution < 1.29 is 25.0 Å². The van der Waals surface area contributed by atoms with Crippen LogP contribution in [-0.4, -0.2) is 41.5 Å². The van der Waals surface area contributed by atoms with Gasteiger partial charge in [0.15, 0.2) is 11.5 Å². The van der Waals surface area contributed by atoms with Crippen molar-refractivity contribution >= 4 is 11.4 Å². The van der Waals surface area contributed by atoms with Gasteiger partial charge in [0.2, 0.25) is 5.75 Å². The first kappa shape index (κ1) is 12.6. The number of phenolic OH excluding ortho intramolecular Hbond substituents is 1. The Labute approximate surface area is 103 Å². The molecule has 0 spiro atoms. The zero-order chi connectivity index (χ0) is 13.4. The lowest BCUT2D eigenvalue weighted by atomic mass is 10.1. The summed E-state index contributed by atoms with van der Waals surface area (Å²) in [4.78, 5) is 0. The highest BCUT2D eigenvalue weighted by Gasteiger charge is 2.31. The topological polar surface area (TPSA) is 112 Å². The average molecular weight is 257 g/mol. The van der Waals surface area contributed by atoms with E-state index in [1.807, 2.05) is 0 Å². The van der Waals surface area contributed by atoms with Crippen molar-refractivity contribution in [1.82, 2.24) is 5.06 Å². The molecule has 8 nitrogen and oxygen atoms in total. The first-order valence-electron chi connectivity index (χ1n) is 5.16. The Morgan fingerprint density at radius 3 is 2.33 bits per heavy atom. The van der Waals surface area contributed by atoms with Gasteiger partial charge < -0.3 is 25.5 Å². The molecule has 0 bridgehead atoms. The number of hydrogen-bond acceptors (Lipinski definition) is 8. The van der Waals surface area contributed by atoms with Crippen LogP contribution in [0.2, 0.25) is 0 Å². The van der Waals surface area contributed by atoms with Crippen molar-refractivity contribution in [3.63, 3.8) is 0 Å². The monoisotopic (exact) mass is 257 g/mol. The van der Waals surface area contributed by atoms with Crippen molar-refractivity contribution in [2.24, 2.45) is 0 Å². The van der Waals surface area contributed by atoms with Crippen molar-refractivity contribution in [2.45, 2.75) is 6.54 Å². The van der Waals surface area contributed by atoms with E-state index in [1.165, 1.54) is 14.2 Å². The number of nitrogen functional groups attached to an aromatic ring is 1. The Morgan fingerprint density at radius 1 is 1.17 bits per heavy atom. The second-order valence-corrected chi connectivity index (χ2v) is 3.86. The minimum absolute atomic E-state index is 0.0409. The second-order valence-electron chi connectivity index (χ2n) is 3.86. The number of nitrogens with zero attached hydrogens (tertiary/aromatic N) is 2. The van der Waals surface area contributed by atoms with Gasteiger partial charge >= 0.3 is 0 Å². The van der Waals surface area contributed by atoms with Crippen LogP contribution in [0.25, 0.3) is 0 Å². The zero-order valence-corrected chi connectivity index (χ0v) is 10.0. The summed E-state index contributed by atoms with van der Waals surface area (Å²) in [6.07, 6.45) is 0. The number of anilines is 2. The van der Waals surface area contributed by atoms with Gasteiger partial charge in [-0.15, -0.1) is 0 Å². The zero-order valence-electron chi connectivity index (χ0n) is 10.0. The van der Waals surface area contributed by atoms with Crippen LogP contribution in [0.3, 0.4) is 0 Å². The van der Waals surface area contributed by atoms with Crippen LogP contribution in [0.4, 0.5) is 11.4 Å². The van der Waals surface area contributed by atoms with Crippen LogP contribution in [0, 0.1) is 0 Å². The van der Waals surface area contributed by atoms with Crippen LogP contribution in [-0.2, 0) is 6.54 Å². The standard InChI is InChI=1S/C10H15N3O5/c1-17-9-6(11)5-3-12(15)4-13(16)7(5)8(14)10(9)18-2/h14-16H,3-4,11H2,1-2H3. The lowest BCUT2D eigenvalue weighted by Crippen LogP contribution is -2.39. The number of nitrogens with two attached hydrogens (primary N) is 1. The third-order valence-corrected chi connectivity index (χ3v) is 2.81. The van der Waals surface area contributed by atoms with Gasteiger partial charge in [0.25, 0.3) is 0 Å². The van der Waals surface area contributed by atoms with Gasteiger partial charge in [-0.25, -0.2) is 5.06 Å². The number of rotatable bonds is 2. The first-order chi connectivity index (χ1) is 8.51. The Bertz CT molecular complexity index is 479. The number of hydroxylamine groups is 3. The lowest BCUT2D eigenvalue weighted by molar-refractivity contribution is -0.117. The van der Waals surface area contributed by atoms with Crippen molar-refractivity contribution in [1.29, 1.82) is 0 Å². The van der Waals surface area contributed by atoms with Crippen LogP contribution < -0.4 is 20.3 Å². The van der Waals surface area contributed by atoms with Crippen LogP contribution in [0.1, 0.15) is 5.56 Å². The summed E-state index contributed by atoms with van der Waals surface area (Å²) in [6.45, 7) is -0.109. The second kappa shape index (κ2) is 4.41. The number of fused-ring (bicyclic) bond motifs is 1. The van der Waals surface area contributed by atoms with Gasteiger partial charge in [0.05, 0.1) is 26.5 Å². The third kappa shape index (κ3) is 1.67. The fourth-order valence-electron chi connectivity index (χ4n) is 2.03. The molecule has 0 fully saturated rings. The molecule has 0 amide bonds. The molecule has 0 saturated heterocycles. The Balaban J connectivity index is 2.72. The van der Waals surface area contributed by atoms with Crippen molar-refractivity contribution in [3.05, 3.63) is 5.56 Å². The Morgan fingerprint density at radius 2 is 1.78 bits per heavy atom. The summed E-state index contributed by atoms with van der Waals surface area (Å²) in [5.74, 6) is -0.0780. The van der Waals surface area contributed by atoms with Gasteiger partial charge in [-0.1, -0.05) is 0 Å². The number of phenols is 1. The molecule has 5 N–H and O–H groups in total. The quantitative estimate of drug-likeness (QED) is 0.443. The van der Waals surface area contributed by atoms with Gasteiger partial charge in [-0.05, 0) is 0 Å². The average Bonchev–Trinajstić information content (AvgIpc) is 2.32. The van der Waals surface area contributed by atoms with Crippen molar-refractivity contribution in [2.75, 3.05) is 31.7 Å². The molecule has 1 aromatic rings. The molecule has 0 aromatic heterocycles. The largest absolute Gasteiger partial charge is 0.503 e. The molecule has 8 heteroatoms. The van der Waals surface area contributed by atoms with E-state index in [0.29, 0.717) is 10.6 Å². The summed E-state index contributed by atoms with van der Waals surface area (Å²) >= 11 is 0. The van der Waals surface area contributed by atoms with Gasteiger partial charge in [0.1, 0.15) is 12.4 Å².